The number of guanidine groups is 1. The summed E-state index contributed by atoms with van der Waals surface area (Å²) in [5.74, 6) is 1.37. The first-order chi connectivity index (χ1) is 11.7. The minimum Gasteiger partial charge on any atom is -0.467 e. The minimum atomic E-state index is -0.224. The summed E-state index contributed by atoms with van der Waals surface area (Å²) in [4.78, 5) is 6.20. The van der Waals surface area contributed by atoms with Crippen molar-refractivity contribution in [2.75, 3.05) is 27.2 Å². The van der Waals surface area contributed by atoms with Crippen molar-refractivity contribution in [1.82, 2.24) is 10.2 Å². The van der Waals surface area contributed by atoms with Crippen molar-refractivity contribution in [2.45, 2.75) is 19.6 Å². The summed E-state index contributed by atoms with van der Waals surface area (Å²) in [6.45, 7) is 2.46. The number of halogens is 2. The zero-order chi connectivity index (χ0) is 17.2. The molecule has 1 aromatic heterocycles. The monoisotopic (exact) mass is 461 g/mol. The number of nitrogens with one attached hydrogen (secondary N) is 1. The van der Waals surface area contributed by atoms with Gasteiger partial charge in [-0.2, -0.15) is 0 Å². The second kappa shape index (κ2) is 11.9. The highest BCUT2D eigenvalue weighted by atomic mass is 127. The Labute approximate surface area is 165 Å². The molecule has 138 valence electrons. The Balaban J connectivity index is 0.00000312. The average Bonchev–Trinajstić information content (AvgIpc) is 3.07. The molecule has 0 spiro atoms. The van der Waals surface area contributed by atoms with E-state index in [2.05, 4.69) is 10.3 Å². The van der Waals surface area contributed by atoms with Crippen LogP contribution in [0.25, 0.3) is 0 Å². The molecule has 5 nitrogen and oxygen atoms in total. The van der Waals surface area contributed by atoms with E-state index < -0.39 is 0 Å². The van der Waals surface area contributed by atoms with Crippen LogP contribution in [-0.4, -0.2) is 38.1 Å². The van der Waals surface area contributed by atoms with Gasteiger partial charge >= 0.3 is 0 Å². The number of aliphatic imine (C=N–C) groups is 1. The van der Waals surface area contributed by atoms with Crippen LogP contribution in [0.3, 0.4) is 0 Å². The Hall–Kier alpha value is -1.61. The van der Waals surface area contributed by atoms with Crippen LogP contribution in [0.1, 0.15) is 17.7 Å². The smallest absolute Gasteiger partial charge is 0.193 e. The molecular formula is C18H25FIN3O2. The van der Waals surface area contributed by atoms with Crippen molar-refractivity contribution in [3.8, 4) is 0 Å². The molecule has 2 rings (SSSR count). The number of hydrogen-bond donors (Lipinski definition) is 1. The highest BCUT2D eigenvalue weighted by Crippen LogP contribution is 2.06. The lowest BCUT2D eigenvalue weighted by Gasteiger charge is -2.22. The summed E-state index contributed by atoms with van der Waals surface area (Å²) in [7, 11) is 3.66. The SMILES string of the molecule is CN=C(NCCCOCc1ccco1)N(C)Cc1cccc(F)c1.I. The van der Waals surface area contributed by atoms with Gasteiger partial charge in [-0.1, -0.05) is 12.1 Å². The zero-order valence-electron chi connectivity index (χ0n) is 14.6. The third-order valence-corrected chi connectivity index (χ3v) is 3.46. The summed E-state index contributed by atoms with van der Waals surface area (Å²) in [6.07, 6.45) is 2.49. The molecule has 0 aliphatic rings. The van der Waals surface area contributed by atoms with Gasteiger partial charge in [0, 0.05) is 33.8 Å². The van der Waals surface area contributed by atoms with Crippen LogP contribution in [0.5, 0.6) is 0 Å². The van der Waals surface area contributed by atoms with E-state index in [1.807, 2.05) is 30.1 Å². The molecule has 0 saturated heterocycles. The lowest BCUT2D eigenvalue weighted by Crippen LogP contribution is -2.39. The molecule has 1 heterocycles. The molecule has 0 atom stereocenters. The number of hydrogen-bond acceptors (Lipinski definition) is 3. The van der Waals surface area contributed by atoms with Crippen molar-refractivity contribution in [3.05, 3.63) is 59.8 Å². The maximum Gasteiger partial charge on any atom is 0.193 e. The number of benzene rings is 1. The summed E-state index contributed by atoms with van der Waals surface area (Å²) >= 11 is 0. The van der Waals surface area contributed by atoms with Gasteiger partial charge in [0.2, 0.25) is 0 Å². The van der Waals surface area contributed by atoms with Crippen LogP contribution in [0, 0.1) is 5.82 Å². The van der Waals surface area contributed by atoms with E-state index in [0.717, 1.165) is 30.2 Å². The molecule has 0 fully saturated rings. The van der Waals surface area contributed by atoms with Crippen molar-refractivity contribution in [2.24, 2.45) is 4.99 Å². The van der Waals surface area contributed by atoms with Crippen LogP contribution >= 0.6 is 24.0 Å². The molecule has 0 amide bonds. The predicted molar refractivity (Wildman–Crippen MR) is 108 cm³/mol. The topological polar surface area (TPSA) is 50.0 Å². The molecule has 0 aliphatic heterocycles. The number of ether oxygens (including phenoxy) is 1. The maximum atomic E-state index is 13.2. The van der Waals surface area contributed by atoms with Crippen molar-refractivity contribution < 1.29 is 13.5 Å². The third kappa shape index (κ3) is 7.87. The molecule has 0 bridgehead atoms. The Morgan fingerprint density at radius 3 is 2.84 bits per heavy atom. The van der Waals surface area contributed by atoms with Gasteiger partial charge in [0.05, 0.1) is 6.26 Å². The van der Waals surface area contributed by atoms with E-state index in [1.165, 1.54) is 12.1 Å². The molecular weight excluding hydrogens is 436 g/mol. The molecule has 0 saturated carbocycles. The Bertz CT molecular complexity index is 635. The summed E-state index contributed by atoms with van der Waals surface area (Å²) in [5.41, 5.74) is 0.905. The van der Waals surface area contributed by atoms with Gasteiger partial charge in [-0.25, -0.2) is 4.39 Å². The second-order valence-electron chi connectivity index (χ2n) is 5.45. The van der Waals surface area contributed by atoms with E-state index in [4.69, 9.17) is 9.15 Å². The van der Waals surface area contributed by atoms with Gasteiger partial charge in [-0.3, -0.25) is 4.99 Å². The lowest BCUT2D eigenvalue weighted by atomic mass is 10.2. The lowest BCUT2D eigenvalue weighted by molar-refractivity contribution is 0.104. The van der Waals surface area contributed by atoms with Gasteiger partial charge in [-0.15, -0.1) is 24.0 Å². The van der Waals surface area contributed by atoms with Crippen molar-refractivity contribution in [3.63, 3.8) is 0 Å². The quantitative estimate of drug-likeness (QED) is 0.282. The van der Waals surface area contributed by atoms with E-state index >= 15 is 0 Å². The zero-order valence-corrected chi connectivity index (χ0v) is 16.9. The maximum absolute atomic E-state index is 13.2. The largest absolute Gasteiger partial charge is 0.467 e. The molecule has 7 heteroatoms. The molecule has 0 aliphatic carbocycles. The second-order valence-corrected chi connectivity index (χ2v) is 5.45. The van der Waals surface area contributed by atoms with Gasteiger partial charge in [0.15, 0.2) is 5.96 Å². The van der Waals surface area contributed by atoms with Crippen LogP contribution in [-0.2, 0) is 17.9 Å². The van der Waals surface area contributed by atoms with Crippen LogP contribution < -0.4 is 5.32 Å². The first kappa shape index (κ1) is 21.4. The van der Waals surface area contributed by atoms with Crippen LogP contribution in [0.2, 0.25) is 0 Å². The summed E-state index contributed by atoms with van der Waals surface area (Å²) in [6, 6.07) is 10.3. The van der Waals surface area contributed by atoms with Gasteiger partial charge in [0.25, 0.3) is 0 Å². The van der Waals surface area contributed by atoms with E-state index in [-0.39, 0.29) is 29.8 Å². The fourth-order valence-electron chi connectivity index (χ4n) is 2.31. The third-order valence-electron chi connectivity index (χ3n) is 3.46. The highest BCUT2D eigenvalue weighted by Gasteiger charge is 2.06. The van der Waals surface area contributed by atoms with Crippen molar-refractivity contribution >= 4 is 29.9 Å². The Morgan fingerprint density at radius 1 is 1.32 bits per heavy atom. The highest BCUT2D eigenvalue weighted by molar-refractivity contribution is 14.0. The van der Waals surface area contributed by atoms with Crippen LogP contribution in [0.4, 0.5) is 4.39 Å². The Kier molecular flexibility index (Phi) is 10.2. The summed E-state index contributed by atoms with van der Waals surface area (Å²) < 4.78 is 24.0. The Morgan fingerprint density at radius 2 is 2.16 bits per heavy atom. The van der Waals surface area contributed by atoms with E-state index in [9.17, 15) is 4.39 Å². The van der Waals surface area contributed by atoms with E-state index in [0.29, 0.717) is 19.8 Å². The van der Waals surface area contributed by atoms with Gasteiger partial charge < -0.3 is 19.4 Å². The normalized spacial score (nSPS) is 11.1. The fourth-order valence-corrected chi connectivity index (χ4v) is 2.31. The van der Waals surface area contributed by atoms with Crippen molar-refractivity contribution in [1.29, 1.82) is 0 Å². The fraction of sp³-hybridized carbons (Fsp3) is 0.389. The van der Waals surface area contributed by atoms with Crippen LogP contribution in [0.15, 0.2) is 52.1 Å². The molecule has 1 aromatic carbocycles. The first-order valence-corrected chi connectivity index (χ1v) is 7.95. The van der Waals surface area contributed by atoms with Gasteiger partial charge in [0.1, 0.15) is 18.2 Å². The number of furan rings is 1. The molecule has 0 unspecified atom stereocenters. The molecule has 0 radical (unpaired) electrons. The number of nitrogens with zero attached hydrogens (tertiary/aromatic N) is 2. The molecule has 25 heavy (non-hydrogen) atoms. The minimum absolute atomic E-state index is 0. The first-order valence-electron chi connectivity index (χ1n) is 7.95. The molecule has 2 aromatic rings. The molecule has 1 N–H and O–H groups in total. The summed E-state index contributed by atoms with van der Waals surface area (Å²) in [5, 5.41) is 3.28. The predicted octanol–water partition coefficient (Wildman–Crippen LogP) is 3.65. The van der Waals surface area contributed by atoms with Gasteiger partial charge in [-0.05, 0) is 36.2 Å². The average molecular weight is 461 g/mol. The standard InChI is InChI=1S/C18H24FN3O2.HI/c1-20-18(22(2)13-15-6-3-7-16(19)12-15)21-9-5-10-23-14-17-8-4-11-24-17;/h3-4,6-8,11-12H,5,9-10,13-14H2,1-2H3,(H,20,21);1H. The number of rotatable bonds is 8. The van der Waals surface area contributed by atoms with E-state index in [1.54, 1.807) is 19.4 Å².